The molecule has 4 nitrogen and oxygen atoms in total. The molecule has 0 fully saturated rings. The van der Waals surface area contributed by atoms with Crippen molar-refractivity contribution in [2.75, 3.05) is 7.11 Å². The van der Waals surface area contributed by atoms with E-state index in [9.17, 15) is 10.2 Å². The van der Waals surface area contributed by atoms with Gasteiger partial charge in [0.15, 0.2) is 0 Å². The fourth-order valence-corrected chi connectivity index (χ4v) is 2.48. The first-order chi connectivity index (χ1) is 10.0. The Kier molecular flexibility index (Phi) is 4.70. The Bertz CT molecular complexity index is 613. The van der Waals surface area contributed by atoms with Gasteiger partial charge in [-0.25, -0.2) is 0 Å². The average molecular weight is 287 g/mol. The maximum atomic E-state index is 9.92. The lowest BCUT2D eigenvalue weighted by molar-refractivity contribution is 0.393. The Morgan fingerprint density at radius 1 is 0.952 bits per heavy atom. The SMILES string of the molecule is COc1ccccc1C(C)NC(C)c1ccc(O)cc1O. The molecular weight excluding hydrogens is 266 g/mol. The summed E-state index contributed by atoms with van der Waals surface area (Å²) < 4.78 is 5.37. The van der Waals surface area contributed by atoms with E-state index in [-0.39, 0.29) is 23.6 Å². The topological polar surface area (TPSA) is 61.7 Å². The number of phenolic OH excluding ortho intramolecular Hbond substituents is 2. The zero-order chi connectivity index (χ0) is 15.4. The molecule has 0 bridgehead atoms. The lowest BCUT2D eigenvalue weighted by Crippen LogP contribution is -2.23. The van der Waals surface area contributed by atoms with E-state index in [1.807, 2.05) is 38.1 Å². The van der Waals surface area contributed by atoms with E-state index in [2.05, 4.69) is 5.32 Å². The number of aromatic hydroxyl groups is 2. The molecule has 2 aromatic rings. The molecule has 2 unspecified atom stereocenters. The molecule has 2 rings (SSSR count). The highest BCUT2D eigenvalue weighted by Crippen LogP contribution is 2.31. The van der Waals surface area contributed by atoms with Gasteiger partial charge in [-0.05, 0) is 26.0 Å². The number of para-hydroxylation sites is 1. The Morgan fingerprint density at radius 3 is 2.29 bits per heavy atom. The molecule has 0 saturated heterocycles. The number of benzene rings is 2. The second-order valence-electron chi connectivity index (χ2n) is 5.10. The van der Waals surface area contributed by atoms with Crippen molar-refractivity contribution in [3.63, 3.8) is 0 Å². The Labute approximate surface area is 125 Å². The van der Waals surface area contributed by atoms with Crippen LogP contribution in [-0.2, 0) is 0 Å². The van der Waals surface area contributed by atoms with Gasteiger partial charge >= 0.3 is 0 Å². The van der Waals surface area contributed by atoms with Crippen molar-refractivity contribution in [1.82, 2.24) is 5.32 Å². The van der Waals surface area contributed by atoms with E-state index in [0.717, 1.165) is 16.9 Å². The van der Waals surface area contributed by atoms with Gasteiger partial charge in [0.05, 0.1) is 7.11 Å². The quantitative estimate of drug-likeness (QED) is 0.787. The van der Waals surface area contributed by atoms with Crippen LogP contribution < -0.4 is 10.1 Å². The summed E-state index contributed by atoms with van der Waals surface area (Å²) in [4.78, 5) is 0. The van der Waals surface area contributed by atoms with Gasteiger partial charge in [0.2, 0.25) is 0 Å². The van der Waals surface area contributed by atoms with Crippen LogP contribution in [0.2, 0.25) is 0 Å². The van der Waals surface area contributed by atoms with Crippen molar-refractivity contribution in [1.29, 1.82) is 0 Å². The van der Waals surface area contributed by atoms with Gasteiger partial charge in [-0.3, -0.25) is 0 Å². The third-order valence-electron chi connectivity index (χ3n) is 3.59. The van der Waals surface area contributed by atoms with Crippen molar-refractivity contribution >= 4 is 0 Å². The van der Waals surface area contributed by atoms with E-state index < -0.39 is 0 Å². The van der Waals surface area contributed by atoms with Crippen LogP contribution in [0.1, 0.15) is 37.1 Å². The second-order valence-corrected chi connectivity index (χ2v) is 5.10. The molecule has 0 aromatic heterocycles. The highest BCUT2D eigenvalue weighted by Gasteiger charge is 2.16. The Balaban J connectivity index is 2.16. The second kappa shape index (κ2) is 6.50. The number of nitrogens with one attached hydrogen (secondary N) is 1. The normalized spacial score (nSPS) is 13.7. The molecule has 0 aliphatic heterocycles. The number of methoxy groups -OCH3 is 1. The van der Waals surface area contributed by atoms with Gasteiger partial charge < -0.3 is 20.3 Å². The van der Waals surface area contributed by atoms with Crippen molar-refractivity contribution in [3.05, 3.63) is 53.6 Å². The van der Waals surface area contributed by atoms with Gasteiger partial charge in [0.25, 0.3) is 0 Å². The van der Waals surface area contributed by atoms with Gasteiger partial charge in [-0.2, -0.15) is 0 Å². The van der Waals surface area contributed by atoms with E-state index in [1.165, 1.54) is 6.07 Å². The number of ether oxygens (including phenoxy) is 1. The zero-order valence-corrected chi connectivity index (χ0v) is 12.5. The van der Waals surface area contributed by atoms with Crippen LogP contribution in [-0.4, -0.2) is 17.3 Å². The summed E-state index contributed by atoms with van der Waals surface area (Å²) >= 11 is 0. The summed E-state index contributed by atoms with van der Waals surface area (Å²) in [6.45, 7) is 4.02. The monoisotopic (exact) mass is 287 g/mol. The maximum Gasteiger partial charge on any atom is 0.124 e. The fourth-order valence-electron chi connectivity index (χ4n) is 2.48. The van der Waals surface area contributed by atoms with Gasteiger partial charge in [-0.1, -0.05) is 24.3 Å². The first kappa shape index (κ1) is 15.2. The van der Waals surface area contributed by atoms with Crippen LogP contribution in [0.25, 0.3) is 0 Å². The summed E-state index contributed by atoms with van der Waals surface area (Å²) in [5.74, 6) is 0.975. The molecule has 0 heterocycles. The van der Waals surface area contributed by atoms with E-state index in [0.29, 0.717) is 0 Å². The lowest BCUT2D eigenvalue weighted by Gasteiger charge is -2.23. The third kappa shape index (κ3) is 3.47. The van der Waals surface area contributed by atoms with E-state index in [4.69, 9.17) is 4.74 Å². The molecule has 3 N–H and O–H groups in total. The summed E-state index contributed by atoms with van der Waals surface area (Å²) in [6, 6.07) is 12.5. The predicted octanol–water partition coefficient (Wildman–Crippen LogP) is 3.52. The van der Waals surface area contributed by atoms with Crippen LogP contribution in [0.3, 0.4) is 0 Å². The zero-order valence-electron chi connectivity index (χ0n) is 12.5. The van der Waals surface area contributed by atoms with Gasteiger partial charge in [0.1, 0.15) is 17.2 Å². The molecule has 0 radical (unpaired) electrons. The summed E-state index contributed by atoms with van der Waals surface area (Å²) in [5, 5.41) is 22.7. The standard InChI is InChI=1S/C17H21NO3/c1-11(14-9-8-13(19)10-16(14)20)18-12(2)15-6-4-5-7-17(15)21-3/h4-12,18-20H,1-3H3. The summed E-state index contributed by atoms with van der Waals surface area (Å²) in [6.07, 6.45) is 0. The van der Waals surface area contributed by atoms with Crippen LogP contribution in [0.15, 0.2) is 42.5 Å². The first-order valence-electron chi connectivity index (χ1n) is 6.93. The average Bonchev–Trinajstić information content (AvgIpc) is 2.46. The molecule has 0 saturated carbocycles. The van der Waals surface area contributed by atoms with E-state index >= 15 is 0 Å². The summed E-state index contributed by atoms with van der Waals surface area (Å²) in [5.41, 5.74) is 1.81. The molecule has 0 aliphatic carbocycles. The van der Waals surface area contributed by atoms with Crippen LogP contribution in [0, 0.1) is 0 Å². The molecule has 112 valence electrons. The molecule has 2 atom stereocenters. The lowest BCUT2D eigenvalue weighted by atomic mass is 10.0. The van der Waals surface area contributed by atoms with Crippen LogP contribution in [0.4, 0.5) is 0 Å². The first-order valence-corrected chi connectivity index (χ1v) is 6.93. The van der Waals surface area contributed by atoms with Crippen molar-refractivity contribution in [2.24, 2.45) is 0 Å². The maximum absolute atomic E-state index is 9.92. The minimum Gasteiger partial charge on any atom is -0.508 e. The molecule has 0 amide bonds. The Morgan fingerprint density at radius 2 is 1.62 bits per heavy atom. The fraction of sp³-hybridized carbons (Fsp3) is 0.294. The van der Waals surface area contributed by atoms with Gasteiger partial charge in [-0.15, -0.1) is 0 Å². The van der Waals surface area contributed by atoms with E-state index in [1.54, 1.807) is 19.2 Å². The summed E-state index contributed by atoms with van der Waals surface area (Å²) in [7, 11) is 1.65. The van der Waals surface area contributed by atoms with Crippen molar-refractivity contribution < 1.29 is 14.9 Å². The minimum absolute atomic E-state index is 0.0567. The van der Waals surface area contributed by atoms with Gasteiger partial charge in [0, 0.05) is 29.3 Å². The largest absolute Gasteiger partial charge is 0.508 e. The minimum atomic E-state index is -0.0643. The smallest absolute Gasteiger partial charge is 0.124 e. The third-order valence-corrected chi connectivity index (χ3v) is 3.59. The van der Waals surface area contributed by atoms with Crippen LogP contribution >= 0.6 is 0 Å². The number of hydrogen-bond acceptors (Lipinski definition) is 4. The molecule has 4 heteroatoms. The number of rotatable bonds is 5. The predicted molar refractivity (Wildman–Crippen MR) is 82.7 cm³/mol. The molecule has 2 aromatic carbocycles. The molecule has 21 heavy (non-hydrogen) atoms. The van der Waals surface area contributed by atoms with Crippen LogP contribution in [0.5, 0.6) is 17.2 Å². The Hall–Kier alpha value is -2.20. The highest BCUT2D eigenvalue weighted by atomic mass is 16.5. The highest BCUT2D eigenvalue weighted by molar-refractivity contribution is 5.41. The molecular formula is C17H21NO3. The molecule has 0 aliphatic rings. The number of phenols is 2. The van der Waals surface area contributed by atoms with Crippen molar-refractivity contribution in [2.45, 2.75) is 25.9 Å². The molecule has 0 spiro atoms. The number of hydrogen-bond donors (Lipinski definition) is 3. The van der Waals surface area contributed by atoms with Crippen molar-refractivity contribution in [3.8, 4) is 17.2 Å².